The highest BCUT2D eigenvalue weighted by Crippen LogP contribution is 2.46. The quantitative estimate of drug-likeness (QED) is 0.461. The molecular weight excluding hydrogens is 515 g/mol. The van der Waals surface area contributed by atoms with Crippen molar-refractivity contribution in [1.82, 2.24) is 9.78 Å². The summed E-state index contributed by atoms with van der Waals surface area (Å²) in [6.45, 7) is -0.189. The van der Waals surface area contributed by atoms with Crippen LogP contribution in [0.1, 0.15) is 11.1 Å². The Morgan fingerprint density at radius 1 is 1.14 bits per heavy atom. The van der Waals surface area contributed by atoms with E-state index in [-0.39, 0.29) is 37.1 Å². The van der Waals surface area contributed by atoms with E-state index in [1.807, 2.05) is 0 Å². The summed E-state index contributed by atoms with van der Waals surface area (Å²) in [5.41, 5.74) is -5.63. The lowest BCUT2D eigenvalue weighted by molar-refractivity contribution is -0.186. The SMILES string of the molecule is CN(C(=O)Oc1c(-c2cnn(CC3(O)COC3)c2)cc(C(F)(F)F)cc1C(F)(F)F)c1ccc(F)cc1. The van der Waals surface area contributed by atoms with Crippen molar-refractivity contribution >= 4 is 11.8 Å². The Bertz CT molecular complexity index is 1300. The molecule has 0 radical (unpaired) electrons. The molecular formula is C23H18F7N3O4. The maximum atomic E-state index is 13.9. The fourth-order valence-electron chi connectivity index (χ4n) is 3.57. The maximum absolute atomic E-state index is 13.9. The predicted molar refractivity (Wildman–Crippen MR) is 114 cm³/mol. The molecule has 0 bridgehead atoms. The molecule has 14 heteroatoms. The van der Waals surface area contributed by atoms with E-state index in [1.54, 1.807) is 0 Å². The molecule has 1 N–H and O–H groups in total. The number of rotatable bonds is 5. The minimum atomic E-state index is -5.34. The van der Waals surface area contributed by atoms with Gasteiger partial charge in [-0.3, -0.25) is 9.58 Å². The summed E-state index contributed by atoms with van der Waals surface area (Å²) in [6.07, 6.45) is -9.76. The van der Waals surface area contributed by atoms with Crippen LogP contribution in [0.3, 0.4) is 0 Å². The highest BCUT2D eigenvalue weighted by molar-refractivity contribution is 5.90. The normalized spacial score (nSPS) is 15.3. The zero-order chi connectivity index (χ0) is 27.2. The predicted octanol–water partition coefficient (Wildman–Crippen LogP) is 5.12. The van der Waals surface area contributed by atoms with Gasteiger partial charge in [-0.15, -0.1) is 0 Å². The number of anilines is 1. The number of amides is 1. The average molecular weight is 533 g/mol. The van der Waals surface area contributed by atoms with Gasteiger partial charge >= 0.3 is 18.4 Å². The van der Waals surface area contributed by atoms with E-state index in [0.717, 1.165) is 53.3 Å². The molecule has 4 rings (SSSR count). The van der Waals surface area contributed by atoms with Gasteiger partial charge in [-0.25, -0.2) is 9.18 Å². The molecule has 1 fully saturated rings. The molecule has 3 aromatic rings. The van der Waals surface area contributed by atoms with Crippen molar-refractivity contribution in [2.75, 3.05) is 25.2 Å². The van der Waals surface area contributed by atoms with E-state index in [1.165, 1.54) is 0 Å². The van der Waals surface area contributed by atoms with E-state index in [9.17, 15) is 40.6 Å². The van der Waals surface area contributed by atoms with Crippen molar-refractivity contribution in [2.45, 2.75) is 24.5 Å². The number of carbonyl (C=O) groups excluding carboxylic acids is 1. The van der Waals surface area contributed by atoms with Gasteiger partial charge in [0.2, 0.25) is 0 Å². The number of carbonyl (C=O) groups is 1. The minimum Gasteiger partial charge on any atom is -0.409 e. The molecule has 0 spiro atoms. The minimum absolute atomic E-state index is 0.0252. The van der Waals surface area contributed by atoms with Crippen molar-refractivity contribution in [3.63, 3.8) is 0 Å². The zero-order valence-electron chi connectivity index (χ0n) is 18.9. The lowest BCUT2D eigenvalue weighted by Gasteiger charge is -2.35. The lowest BCUT2D eigenvalue weighted by atomic mass is 9.99. The van der Waals surface area contributed by atoms with E-state index in [4.69, 9.17) is 9.47 Å². The van der Waals surface area contributed by atoms with Crippen LogP contribution in [0.4, 0.5) is 41.2 Å². The van der Waals surface area contributed by atoms with Crippen LogP contribution in [0.15, 0.2) is 48.8 Å². The van der Waals surface area contributed by atoms with Crippen LogP contribution in [0, 0.1) is 5.82 Å². The van der Waals surface area contributed by atoms with Gasteiger partial charge in [-0.1, -0.05) is 0 Å². The number of benzene rings is 2. The van der Waals surface area contributed by atoms with Crippen molar-refractivity contribution in [3.8, 4) is 16.9 Å². The zero-order valence-corrected chi connectivity index (χ0v) is 18.9. The highest BCUT2D eigenvalue weighted by Gasteiger charge is 2.42. The van der Waals surface area contributed by atoms with Crippen LogP contribution in [0.2, 0.25) is 0 Å². The van der Waals surface area contributed by atoms with Gasteiger partial charge in [0.05, 0.1) is 37.1 Å². The van der Waals surface area contributed by atoms with Gasteiger partial charge in [-0.05, 0) is 36.4 Å². The van der Waals surface area contributed by atoms with Gasteiger partial charge in [0, 0.05) is 30.1 Å². The number of aliphatic hydroxyl groups is 1. The maximum Gasteiger partial charge on any atom is 0.420 e. The summed E-state index contributed by atoms with van der Waals surface area (Å²) in [5, 5.41) is 14.1. The molecule has 7 nitrogen and oxygen atoms in total. The Hall–Kier alpha value is -3.65. The molecule has 0 aliphatic carbocycles. The number of hydrogen-bond acceptors (Lipinski definition) is 5. The van der Waals surface area contributed by atoms with Crippen LogP contribution in [-0.4, -0.2) is 46.8 Å². The fraction of sp³-hybridized carbons (Fsp3) is 0.304. The molecule has 0 saturated carbocycles. The van der Waals surface area contributed by atoms with E-state index in [2.05, 4.69) is 5.10 Å². The topological polar surface area (TPSA) is 76.8 Å². The fourth-order valence-corrected chi connectivity index (χ4v) is 3.57. The summed E-state index contributed by atoms with van der Waals surface area (Å²) in [5.74, 6) is -1.81. The molecule has 37 heavy (non-hydrogen) atoms. The molecule has 1 aliphatic rings. The third kappa shape index (κ3) is 5.69. The van der Waals surface area contributed by atoms with E-state index >= 15 is 0 Å². The lowest BCUT2D eigenvalue weighted by Crippen LogP contribution is -2.52. The van der Waals surface area contributed by atoms with Gasteiger partial charge in [0.25, 0.3) is 0 Å². The summed E-state index contributed by atoms with van der Waals surface area (Å²) in [6, 6.07) is 4.58. The number of alkyl halides is 6. The van der Waals surface area contributed by atoms with Crippen LogP contribution < -0.4 is 9.64 Å². The smallest absolute Gasteiger partial charge is 0.409 e. The van der Waals surface area contributed by atoms with Crippen molar-refractivity contribution in [2.24, 2.45) is 0 Å². The molecule has 0 atom stereocenters. The summed E-state index contributed by atoms with van der Waals surface area (Å²) < 4.78 is 107. The number of halogens is 7. The molecule has 1 aliphatic heterocycles. The first kappa shape index (κ1) is 26.4. The molecule has 1 saturated heterocycles. The van der Waals surface area contributed by atoms with E-state index < -0.39 is 52.3 Å². The van der Waals surface area contributed by atoms with Crippen molar-refractivity contribution < 1.29 is 50.1 Å². The molecule has 1 amide bonds. The number of nitrogens with zero attached hydrogens (tertiary/aromatic N) is 3. The Kier molecular flexibility index (Phi) is 6.67. The Balaban J connectivity index is 1.80. The van der Waals surface area contributed by atoms with Crippen LogP contribution in [0.25, 0.3) is 11.1 Å². The number of ether oxygens (including phenoxy) is 2. The first-order chi connectivity index (χ1) is 17.2. The second-order valence-corrected chi connectivity index (χ2v) is 8.44. The third-order valence-corrected chi connectivity index (χ3v) is 5.54. The second-order valence-electron chi connectivity index (χ2n) is 8.44. The Morgan fingerprint density at radius 3 is 2.32 bits per heavy atom. The molecule has 0 unspecified atom stereocenters. The van der Waals surface area contributed by atoms with Gasteiger partial charge in [0.1, 0.15) is 11.4 Å². The van der Waals surface area contributed by atoms with Crippen molar-refractivity contribution in [1.29, 1.82) is 0 Å². The Labute approximate surface area is 204 Å². The van der Waals surface area contributed by atoms with Gasteiger partial charge in [0.15, 0.2) is 5.75 Å². The molecule has 2 aromatic carbocycles. The van der Waals surface area contributed by atoms with Crippen LogP contribution >= 0.6 is 0 Å². The number of hydrogen-bond donors (Lipinski definition) is 1. The van der Waals surface area contributed by atoms with Crippen LogP contribution in [-0.2, 0) is 23.6 Å². The monoisotopic (exact) mass is 533 g/mol. The number of aromatic nitrogens is 2. The summed E-state index contributed by atoms with van der Waals surface area (Å²) in [4.78, 5) is 13.5. The first-order valence-electron chi connectivity index (χ1n) is 10.5. The summed E-state index contributed by atoms with van der Waals surface area (Å²) in [7, 11) is 1.13. The molecule has 198 valence electrons. The van der Waals surface area contributed by atoms with E-state index in [0.29, 0.717) is 6.07 Å². The second kappa shape index (κ2) is 9.34. The van der Waals surface area contributed by atoms with Crippen LogP contribution in [0.5, 0.6) is 5.75 Å². The van der Waals surface area contributed by atoms with Crippen molar-refractivity contribution in [3.05, 3.63) is 65.7 Å². The summed E-state index contributed by atoms with van der Waals surface area (Å²) >= 11 is 0. The third-order valence-electron chi connectivity index (χ3n) is 5.54. The molecule has 2 heterocycles. The standard InChI is InChI=1S/C23H18F7N3O4/c1-32(16-4-2-15(24)3-5-16)20(34)37-19-17(6-14(22(25,26)27)7-18(19)23(28,29)30)13-8-31-33(9-13)10-21(35)11-36-12-21/h2-9,35H,10-12H2,1H3. The largest absolute Gasteiger partial charge is 0.420 e. The highest BCUT2D eigenvalue weighted by atomic mass is 19.4. The van der Waals surface area contributed by atoms with Gasteiger partial charge < -0.3 is 14.6 Å². The first-order valence-corrected chi connectivity index (χ1v) is 10.5. The van der Waals surface area contributed by atoms with Gasteiger partial charge in [-0.2, -0.15) is 31.4 Å². The average Bonchev–Trinajstić information content (AvgIpc) is 3.24. The molecule has 1 aromatic heterocycles. The Morgan fingerprint density at radius 2 is 1.78 bits per heavy atom.